The van der Waals surface area contributed by atoms with Gasteiger partial charge in [-0.1, -0.05) is 133 Å². The van der Waals surface area contributed by atoms with Crippen LogP contribution in [0.2, 0.25) is 0 Å². The lowest BCUT2D eigenvalue weighted by atomic mass is 10.1. The van der Waals surface area contributed by atoms with Crippen molar-refractivity contribution in [2.45, 2.75) is 161 Å². The van der Waals surface area contributed by atoms with Crippen molar-refractivity contribution in [1.82, 2.24) is 0 Å². The van der Waals surface area contributed by atoms with Crippen LogP contribution in [0.3, 0.4) is 0 Å². The summed E-state index contributed by atoms with van der Waals surface area (Å²) >= 11 is 0. The number of nitrogens with zero attached hydrogens (tertiary/aromatic N) is 1. The maximum Gasteiger partial charge on any atom is 0.472 e. The van der Waals surface area contributed by atoms with Crippen LogP contribution in [-0.4, -0.2) is 75.6 Å². The fourth-order valence-electron chi connectivity index (χ4n) is 5.11. The first-order chi connectivity index (χ1) is 24.6. The Morgan fingerprint density at radius 2 is 1.08 bits per heavy atom. The molecule has 51 heavy (non-hydrogen) atoms. The predicted molar refractivity (Wildman–Crippen MR) is 215 cm³/mol. The highest BCUT2D eigenvalue weighted by Gasteiger charge is 2.26. The summed E-state index contributed by atoms with van der Waals surface area (Å²) < 4.78 is 34.9. The van der Waals surface area contributed by atoms with Gasteiger partial charge in [-0.3, -0.25) is 13.8 Å². The maximum absolute atomic E-state index is 12.6. The van der Waals surface area contributed by atoms with Gasteiger partial charge in [-0.25, -0.2) is 4.57 Å². The Labute approximate surface area is 314 Å². The molecule has 0 saturated carbocycles. The highest BCUT2D eigenvalue weighted by Crippen LogP contribution is 2.43. The van der Waals surface area contributed by atoms with E-state index in [1.165, 1.54) is 64.2 Å². The van der Waals surface area contributed by atoms with Gasteiger partial charge in [-0.15, -0.1) is 0 Å². The maximum atomic E-state index is 12.6. The number of phosphoric ester groups is 1. The first kappa shape index (κ1) is 49.5. The summed E-state index contributed by atoms with van der Waals surface area (Å²) in [6.07, 6.45) is 41.3. The lowest BCUT2D eigenvalue weighted by molar-refractivity contribution is -0.870. The second-order valence-electron chi connectivity index (χ2n) is 14.7. The summed E-state index contributed by atoms with van der Waals surface area (Å²) in [7, 11) is 1.64. The standard InChI is InChI=1S/C42H78NO7P/c1-6-8-10-12-14-16-18-20-22-24-26-28-30-32-34-37-47-39-41(40-49-51(45,46)48-38-36-43(3,4)5)50-42(44)35-33-31-29-27-25-23-21-19-17-15-13-11-9-7-2/h12-15,18-21,41H,6-11,16-17,22-40H2,1-5H3/p+1/b14-12-,15-13-,20-18-,21-19-. The Bertz CT molecular complexity index is 957. The monoisotopic (exact) mass is 741 g/mol. The largest absolute Gasteiger partial charge is 0.472 e. The van der Waals surface area contributed by atoms with Crippen LogP contribution in [0.25, 0.3) is 0 Å². The molecule has 2 unspecified atom stereocenters. The number of likely N-dealkylation sites (N-methyl/N-ethyl adjacent to an activating group) is 1. The smallest absolute Gasteiger partial charge is 0.457 e. The third kappa shape index (κ3) is 39.5. The van der Waals surface area contributed by atoms with Gasteiger partial charge < -0.3 is 18.9 Å². The molecule has 0 spiro atoms. The molecule has 0 bridgehead atoms. The highest BCUT2D eigenvalue weighted by molar-refractivity contribution is 7.47. The van der Waals surface area contributed by atoms with Crippen LogP contribution in [0.4, 0.5) is 0 Å². The normalized spacial score (nSPS) is 14.4. The molecule has 0 rings (SSSR count). The van der Waals surface area contributed by atoms with E-state index in [1.807, 2.05) is 21.1 Å². The lowest BCUT2D eigenvalue weighted by Gasteiger charge is -2.24. The predicted octanol–water partition coefficient (Wildman–Crippen LogP) is 11.6. The number of rotatable bonds is 37. The Morgan fingerprint density at radius 1 is 0.608 bits per heavy atom. The molecule has 8 nitrogen and oxygen atoms in total. The zero-order valence-corrected chi connectivity index (χ0v) is 34.5. The number of esters is 1. The van der Waals surface area contributed by atoms with E-state index in [9.17, 15) is 14.3 Å². The fraction of sp³-hybridized carbons (Fsp3) is 0.786. The van der Waals surface area contributed by atoms with Crippen molar-refractivity contribution in [2.24, 2.45) is 0 Å². The van der Waals surface area contributed by atoms with E-state index in [2.05, 4.69) is 62.5 Å². The topological polar surface area (TPSA) is 91.3 Å². The van der Waals surface area contributed by atoms with Crippen LogP contribution in [0, 0.1) is 0 Å². The number of quaternary nitrogens is 1. The van der Waals surface area contributed by atoms with Gasteiger partial charge in [-0.2, -0.15) is 0 Å². The van der Waals surface area contributed by atoms with Gasteiger partial charge in [0.15, 0.2) is 0 Å². The van der Waals surface area contributed by atoms with E-state index in [-0.39, 0.29) is 25.8 Å². The van der Waals surface area contributed by atoms with Crippen molar-refractivity contribution >= 4 is 13.8 Å². The van der Waals surface area contributed by atoms with Crippen LogP contribution in [0.15, 0.2) is 48.6 Å². The zero-order valence-electron chi connectivity index (χ0n) is 33.6. The molecular weight excluding hydrogens is 661 g/mol. The van der Waals surface area contributed by atoms with E-state index >= 15 is 0 Å². The van der Waals surface area contributed by atoms with Crippen molar-refractivity contribution in [2.75, 3.05) is 54.1 Å². The number of allylic oxidation sites excluding steroid dienone is 8. The van der Waals surface area contributed by atoms with Gasteiger partial charge in [0, 0.05) is 13.0 Å². The minimum absolute atomic E-state index is 0.0818. The fourth-order valence-corrected chi connectivity index (χ4v) is 5.85. The Balaban J connectivity index is 4.33. The van der Waals surface area contributed by atoms with Gasteiger partial charge >= 0.3 is 13.8 Å². The number of ether oxygens (including phenoxy) is 2. The second-order valence-corrected chi connectivity index (χ2v) is 16.1. The van der Waals surface area contributed by atoms with Crippen LogP contribution in [0.1, 0.15) is 155 Å². The van der Waals surface area contributed by atoms with E-state index < -0.39 is 13.9 Å². The highest BCUT2D eigenvalue weighted by atomic mass is 31.2. The van der Waals surface area contributed by atoms with Crippen molar-refractivity contribution in [3.63, 3.8) is 0 Å². The van der Waals surface area contributed by atoms with Crippen LogP contribution < -0.4 is 0 Å². The molecule has 0 amide bonds. The molecular formula is C42H79NO7P+. The molecule has 0 aromatic rings. The van der Waals surface area contributed by atoms with Crippen LogP contribution in [0.5, 0.6) is 0 Å². The van der Waals surface area contributed by atoms with Crippen molar-refractivity contribution < 1.29 is 37.3 Å². The molecule has 0 saturated heterocycles. The average Bonchev–Trinajstić information content (AvgIpc) is 3.08. The summed E-state index contributed by atoms with van der Waals surface area (Å²) in [5.41, 5.74) is 0. The van der Waals surface area contributed by atoms with E-state index in [1.54, 1.807) is 0 Å². The molecule has 0 aromatic heterocycles. The van der Waals surface area contributed by atoms with Crippen molar-refractivity contribution in [3.05, 3.63) is 48.6 Å². The summed E-state index contributed by atoms with van der Waals surface area (Å²) in [6.45, 7) is 5.48. The summed E-state index contributed by atoms with van der Waals surface area (Å²) in [6, 6.07) is 0. The third-order valence-corrected chi connectivity index (χ3v) is 9.35. The molecule has 0 aliphatic rings. The van der Waals surface area contributed by atoms with Gasteiger partial charge in [-0.05, 0) is 64.2 Å². The number of carbonyl (C=O) groups is 1. The first-order valence-corrected chi connectivity index (χ1v) is 21.9. The molecule has 9 heteroatoms. The zero-order chi connectivity index (χ0) is 37.7. The van der Waals surface area contributed by atoms with E-state index in [4.69, 9.17) is 18.5 Å². The molecule has 2 atom stereocenters. The van der Waals surface area contributed by atoms with Crippen molar-refractivity contribution in [3.8, 4) is 0 Å². The quantitative estimate of drug-likeness (QED) is 0.0223. The molecule has 298 valence electrons. The first-order valence-electron chi connectivity index (χ1n) is 20.4. The van der Waals surface area contributed by atoms with E-state index in [0.717, 1.165) is 70.6 Å². The number of hydrogen-bond donors (Lipinski definition) is 1. The number of hydrogen-bond acceptors (Lipinski definition) is 6. The van der Waals surface area contributed by atoms with Gasteiger partial charge in [0.05, 0.1) is 34.4 Å². The second kappa shape index (κ2) is 35.5. The molecule has 0 fully saturated rings. The average molecular weight is 741 g/mol. The molecule has 1 N–H and O–H groups in total. The lowest BCUT2D eigenvalue weighted by Crippen LogP contribution is -2.37. The SMILES string of the molecule is CCCC/C=C\C/C=C\CCCCCCCCOCC(COP(=O)(O)OCC[N+](C)(C)C)OC(=O)CCCCCCC/C=C\C/C=C\CCCC. The molecule has 0 heterocycles. The number of carbonyl (C=O) groups excluding carboxylic acids is 1. The van der Waals surface area contributed by atoms with Gasteiger partial charge in [0.2, 0.25) is 0 Å². The number of unbranched alkanes of at least 4 members (excludes halogenated alkanes) is 15. The van der Waals surface area contributed by atoms with Crippen LogP contribution >= 0.6 is 7.82 Å². The molecule has 0 aliphatic heterocycles. The third-order valence-electron chi connectivity index (χ3n) is 8.36. The Hall–Kier alpha value is -1.54. The summed E-state index contributed by atoms with van der Waals surface area (Å²) in [5, 5.41) is 0. The Morgan fingerprint density at radius 3 is 1.59 bits per heavy atom. The Kier molecular flexibility index (Phi) is 34.4. The molecule has 0 radical (unpaired) electrons. The molecule has 0 aromatic carbocycles. The van der Waals surface area contributed by atoms with Gasteiger partial charge in [0.25, 0.3) is 0 Å². The summed E-state index contributed by atoms with van der Waals surface area (Å²) in [5.74, 6) is -0.334. The van der Waals surface area contributed by atoms with E-state index in [0.29, 0.717) is 24.1 Å². The summed E-state index contributed by atoms with van der Waals surface area (Å²) in [4.78, 5) is 22.8. The minimum atomic E-state index is -4.28. The van der Waals surface area contributed by atoms with Crippen LogP contribution in [-0.2, 0) is 27.9 Å². The minimum Gasteiger partial charge on any atom is -0.457 e. The number of phosphoric acid groups is 1. The van der Waals surface area contributed by atoms with Gasteiger partial charge in [0.1, 0.15) is 19.3 Å². The van der Waals surface area contributed by atoms with Crippen molar-refractivity contribution in [1.29, 1.82) is 0 Å². The molecule has 0 aliphatic carbocycles.